The van der Waals surface area contributed by atoms with Crippen LogP contribution in [0, 0.1) is 12.3 Å². The van der Waals surface area contributed by atoms with Crippen LogP contribution in [0.5, 0.6) is 0 Å². The molecule has 0 spiro atoms. The molecular weight excluding hydrogens is 295 g/mol. The Morgan fingerprint density at radius 1 is 1.14 bits per heavy atom. The van der Waals surface area contributed by atoms with Gasteiger partial charge < -0.3 is 18.5 Å². The number of terminal acetylenes is 1. The van der Waals surface area contributed by atoms with Crippen LogP contribution in [0.25, 0.3) is 0 Å². The lowest BCUT2D eigenvalue weighted by molar-refractivity contribution is -0.152. The van der Waals surface area contributed by atoms with Crippen LogP contribution in [0.15, 0.2) is 0 Å². The Labute approximate surface area is 127 Å². The molecule has 0 saturated carbocycles. The number of ether oxygens (including phenoxy) is 2. The largest absolute Gasteiger partial charge is 0.464 e. The minimum absolute atomic E-state index is 0.146. The second-order valence-corrected chi connectivity index (χ2v) is 6.08. The summed E-state index contributed by atoms with van der Waals surface area (Å²) in [7, 11) is -3.71. The minimum atomic E-state index is -3.71. The highest BCUT2D eigenvalue weighted by Gasteiger charge is 2.43. The van der Waals surface area contributed by atoms with Gasteiger partial charge in [-0.15, -0.1) is 12.3 Å². The van der Waals surface area contributed by atoms with Crippen LogP contribution in [-0.2, 0) is 27.9 Å². The van der Waals surface area contributed by atoms with Gasteiger partial charge in [0.05, 0.1) is 19.8 Å². The highest BCUT2D eigenvalue weighted by atomic mass is 31.2. The standard InChI is InChI=1S/C14H25O6P/c1-5-9-10-11-12-18-14(13(15)17-6-2)21(16,19-7-3)20-8-4/h1,14H,6-12H2,2-4H3. The first kappa shape index (κ1) is 20.1. The van der Waals surface area contributed by atoms with Crippen molar-refractivity contribution in [3.8, 4) is 12.3 Å². The molecule has 1 unspecified atom stereocenters. The summed E-state index contributed by atoms with van der Waals surface area (Å²) in [5, 5.41) is 0. The van der Waals surface area contributed by atoms with Crippen molar-refractivity contribution < 1.29 is 27.9 Å². The van der Waals surface area contributed by atoms with Gasteiger partial charge in [0.25, 0.3) is 5.85 Å². The van der Waals surface area contributed by atoms with E-state index in [1.54, 1.807) is 20.8 Å². The highest BCUT2D eigenvalue weighted by Crippen LogP contribution is 2.53. The molecule has 0 saturated heterocycles. The van der Waals surface area contributed by atoms with Crippen LogP contribution in [0.4, 0.5) is 0 Å². The molecule has 0 bridgehead atoms. The van der Waals surface area contributed by atoms with Gasteiger partial charge >= 0.3 is 13.6 Å². The van der Waals surface area contributed by atoms with Gasteiger partial charge in [0.2, 0.25) is 0 Å². The monoisotopic (exact) mass is 320 g/mol. The molecule has 0 N–H and O–H groups in total. The first-order valence-corrected chi connectivity index (χ1v) is 8.77. The van der Waals surface area contributed by atoms with Crippen LogP contribution in [0.2, 0.25) is 0 Å². The Morgan fingerprint density at radius 3 is 2.24 bits per heavy atom. The minimum Gasteiger partial charge on any atom is -0.464 e. The Bertz CT molecular complexity index is 366. The predicted molar refractivity (Wildman–Crippen MR) is 79.9 cm³/mol. The molecule has 0 aliphatic carbocycles. The molecular formula is C14H25O6P. The smallest absolute Gasteiger partial charge is 0.370 e. The van der Waals surface area contributed by atoms with E-state index in [2.05, 4.69) is 5.92 Å². The van der Waals surface area contributed by atoms with Crippen molar-refractivity contribution in [2.24, 2.45) is 0 Å². The predicted octanol–water partition coefficient (Wildman–Crippen LogP) is 2.96. The molecule has 0 aromatic carbocycles. The number of unbranched alkanes of at least 4 members (excludes halogenated alkanes) is 2. The van der Waals surface area contributed by atoms with E-state index in [-0.39, 0.29) is 26.4 Å². The maximum atomic E-state index is 12.6. The lowest BCUT2D eigenvalue weighted by Crippen LogP contribution is -2.29. The van der Waals surface area contributed by atoms with Crippen LogP contribution < -0.4 is 0 Å². The molecule has 0 fully saturated rings. The zero-order chi connectivity index (χ0) is 16.1. The lowest BCUT2D eigenvalue weighted by atomic mass is 10.2. The molecule has 122 valence electrons. The van der Waals surface area contributed by atoms with Gasteiger partial charge in [-0.25, -0.2) is 4.79 Å². The molecule has 7 heteroatoms. The molecule has 0 aromatic heterocycles. The first-order chi connectivity index (χ1) is 10.1. The van der Waals surface area contributed by atoms with Crippen molar-refractivity contribution in [2.75, 3.05) is 26.4 Å². The number of carbonyl (C=O) groups excluding carboxylic acids is 1. The van der Waals surface area contributed by atoms with E-state index < -0.39 is 19.4 Å². The zero-order valence-electron chi connectivity index (χ0n) is 13.0. The second kappa shape index (κ2) is 11.8. The Kier molecular flexibility index (Phi) is 11.3. The zero-order valence-corrected chi connectivity index (χ0v) is 13.9. The van der Waals surface area contributed by atoms with E-state index in [1.165, 1.54) is 0 Å². The average Bonchev–Trinajstić information content (AvgIpc) is 2.43. The lowest BCUT2D eigenvalue weighted by Gasteiger charge is -2.24. The fourth-order valence-electron chi connectivity index (χ4n) is 1.56. The summed E-state index contributed by atoms with van der Waals surface area (Å²) in [5.41, 5.74) is 0. The summed E-state index contributed by atoms with van der Waals surface area (Å²) in [6.45, 7) is 5.68. The van der Waals surface area contributed by atoms with E-state index in [9.17, 15) is 9.36 Å². The molecule has 0 heterocycles. The van der Waals surface area contributed by atoms with Crippen LogP contribution in [0.1, 0.15) is 40.0 Å². The highest BCUT2D eigenvalue weighted by molar-refractivity contribution is 7.55. The van der Waals surface area contributed by atoms with Crippen molar-refractivity contribution in [1.82, 2.24) is 0 Å². The summed E-state index contributed by atoms with van der Waals surface area (Å²) in [6.07, 6.45) is 7.20. The van der Waals surface area contributed by atoms with Crippen molar-refractivity contribution in [3.63, 3.8) is 0 Å². The number of hydrogen-bond acceptors (Lipinski definition) is 6. The van der Waals surface area contributed by atoms with E-state index in [1.807, 2.05) is 0 Å². The topological polar surface area (TPSA) is 71.1 Å². The number of hydrogen-bond donors (Lipinski definition) is 0. The molecule has 0 radical (unpaired) electrons. The number of rotatable bonds is 12. The van der Waals surface area contributed by atoms with Crippen molar-refractivity contribution in [3.05, 3.63) is 0 Å². The summed E-state index contributed by atoms with van der Waals surface area (Å²) in [4.78, 5) is 11.9. The van der Waals surface area contributed by atoms with Gasteiger partial charge in [0.1, 0.15) is 0 Å². The molecule has 21 heavy (non-hydrogen) atoms. The van der Waals surface area contributed by atoms with Gasteiger partial charge in [0, 0.05) is 13.0 Å². The summed E-state index contributed by atoms with van der Waals surface area (Å²) in [5.74, 6) is 0.424. The SMILES string of the molecule is C#CCCCCOC(C(=O)OCC)P(=O)(OCC)OCC. The van der Waals surface area contributed by atoms with Crippen molar-refractivity contribution in [1.29, 1.82) is 0 Å². The summed E-state index contributed by atoms with van der Waals surface area (Å²) in [6, 6.07) is 0. The Balaban J connectivity index is 4.80. The number of carbonyl (C=O) groups is 1. The van der Waals surface area contributed by atoms with Gasteiger partial charge in [-0.05, 0) is 33.6 Å². The van der Waals surface area contributed by atoms with Gasteiger partial charge in [0.15, 0.2) is 0 Å². The van der Waals surface area contributed by atoms with Gasteiger partial charge in [-0.2, -0.15) is 0 Å². The first-order valence-electron chi connectivity index (χ1n) is 7.16. The Hall–Kier alpha value is -0.860. The van der Waals surface area contributed by atoms with E-state index in [0.717, 1.165) is 6.42 Å². The third-order valence-corrected chi connectivity index (χ3v) is 4.56. The Morgan fingerprint density at radius 2 is 1.76 bits per heavy atom. The molecule has 0 aliphatic rings. The van der Waals surface area contributed by atoms with Crippen molar-refractivity contribution in [2.45, 2.75) is 45.9 Å². The summed E-state index contributed by atoms with van der Waals surface area (Å²) >= 11 is 0. The maximum Gasteiger partial charge on any atom is 0.370 e. The van der Waals surface area contributed by atoms with Gasteiger partial charge in [-0.3, -0.25) is 4.57 Å². The second-order valence-electron chi connectivity index (χ2n) is 4.01. The van der Waals surface area contributed by atoms with E-state index in [4.69, 9.17) is 24.9 Å². The molecule has 1 atom stereocenters. The third-order valence-electron chi connectivity index (χ3n) is 2.38. The quantitative estimate of drug-likeness (QED) is 0.238. The molecule has 0 amide bonds. The third kappa shape index (κ3) is 7.63. The van der Waals surface area contributed by atoms with Crippen LogP contribution in [-0.4, -0.2) is 38.2 Å². The van der Waals surface area contributed by atoms with E-state index >= 15 is 0 Å². The normalized spacial score (nSPS) is 12.7. The fourth-order valence-corrected chi connectivity index (χ4v) is 3.24. The molecule has 0 rings (SSSR count). The van der Waals surface area contributed by atoms with Crippen LogP contribution >= 0.6 is 7.60 Å². The fraction of sp³-hybridized carbons (Fsp3) is 0.786. The average molecular weight is 320 g/mol. The van der Waals surface area contributed by atoms with Gasteiger partial charge in [-0.1, -0.05) is 0 Å². The number of esters is 1. The van der Waals surface area contributed by atoms with E-state index in [0.29, 0.717) is 12.8 Å². The summed E-state index contributed by atoms with van der Waals surface area (Å²) < 4.78 is 33.3. The van der Waals surface area contributed by atoms with Crippen molar-refractivity contribution >= 4 is 13.6 Å². The van der Waals surface area contributed by atoms with Crippen LogP contribution in [0.3, 0.4) is 0 Å². The molecule has 6 nitrogen and oxygen atoms in total. The molecule has 0 aromatic rings. The molecule has 0 aliphatic heterocycles. The maximum absolute atomic E-state index is 12.6.